The van der Waals surface area contributed by atoms with Crippen LogP contribution in [-0.4, -0.2) is 29.2 Å². The molecule has 3 heterocycles. The molecule has 0 aliphatic carbocycles. The van der Waals surface area contributed by atoms with E-state index in [0.717, 1.165) is 29.7 Å². The van der Waals surface area contributed by atoms with Gasteiger partial charge in [-0.2, -0.15) is 13.2 Å². The second-order valence-corrected chi connectivity index (χ2v) is 6.99. The molecule has 4 rings (SSSR count). The molecule has 1 fully saturated rings. The maximum atomic E-state index is 12.6. The Kier molecular flexibility index (Phi) is 6.42. The van der Waals surface area contributed by atoms with Gasteiger partial charge in [-0.3, -0.25) is 14.6 Å². The number of aryl methyl sites for hydroxylation is 1. The molecule has 30 heavy (non-hydrogen) atoms. The molecule has 0 saturated carbocycles. The quantitative estimate of drug-likeness (QED) is 0.636. The van der Waals surface area contributed by atoms with E-state index >= 15 is 0 Å². The lowest BCUT2D eigenvalue weighted by Crippen LogP contribution is -2.19. The van der Waals surface area contributed by atoms with E-state index in [1.165, 1.54) is 12.3 Å². The number of primary amides is 1. The fraction of sp³-hybridized carbons (Fsp3) is 0.250. The minimum absolute atomic E-state index is 0.0371. The van der Waals surface area contributed by atoms with E-state index in [1.54, 1.807) is 6.07 Å². The monoisotopic (exact) mass is 439 g/mol. The average Bonchev–Trinajstić information content (AvgIpc) is 2.61. The van der Waals surface area contributed by atoms with Gasteiger partial charge in [-0.25, -0.2) is 0 Å². The maximum absolute atomic E-state index is 12.6. The fourth-order valence-corrected chi connectivity index (χ4v) is 3.54. The summed E-state index contributed by atoms with van der Waals surface area (Å²) in [5.41, 5.74) is 8.82. The number of rotatable bonds is 3. The van der Waals surface area contributed by atoms with E-state index in [2.05, 4.69) is 9.97 Å². The first-order valence-corrected chi connectivity index (χ1v) is 9.23. The molecule has 2 aromatic heterocycles. The van der Waals surface area contributed by atoms with E-state index < -0.39 is 12.6 Å². The van der Waals surface area contributed by atoms with E-state index in [1.807, 2.05) is 19.1 Å². The Hall–Kier alpha value is -2.91. The highest BCUT2D eigenvalue weighted by Gasteiger charge is 2.24. The standard InChI is InChI=1S/C19H16ClN3O3.CHF3/c1-9-6-11(16-3-5-26-16)12(20)7-10(9)14-8-15(24)17-13(23-14)2-4-22-18(17)19(21)25;2-1(3)4/h2,4,6-8,16H,3,5H2,1H3,(H2,21,25)(H,23,24);1H. The molecule has 6 nitrogen and oxygen atoms in total. The predicted octanol–water partition coefficient (Wildman–Crippen LogP) is 4.29. The van der Waals surface area contributed by atoms with Crippen molar-refractivity contribution in [2.24, 2.45) is 5.73 Å². The molecule has 10 heteroatoms. The topological polar surface area (TPSA) is 98.1 Å². The highest BCUT2D eigenvalue weighted by Crippen LogP contribution is 2.37. The second kappa shape index (κ2) is 8.85. The molecule has 1 aliphatic heterocycles. The summed E-state index contributed by atoms with van der Waals surface area (Å²) in [7, 11) is 0. The van der Waals surface area contributed by atoms with Crippen LogP contribution in [0.2, 0.25) is 5.02 Å². The molecule has 0 spiro atoms. The van der Waals surface area contributed by atoms with Crippen LogP contribution in [0.1, 0.15) is 34.1 Å². The van der Waals surface area contributed by atoms with Crippen molar-refractivity contribution in [1.82, 2.24) is 9.97 Å². The number of hydrogen-bond acceptors (Lipinski definition) is 4. The molecule has 158 valence electrons. The molecule has 3 N–H and O–H groups in total. The Morgan fingerprint density at radius 2 is 2.00 bits per heavy atom. The van der Waals surface area contributed by atoms with Gasteiger partial charge in [0.2, 0.25) is 0 Å². The number of nitrogens with one attached hydrogen (secondary N) is 1. The average molecular weight is 440 g/mol. The maximum Gasteiger partial charge on any atom is 0.379 e. The molecular formula is C20H17ClF3N3O3. The molecule has 1 aliphatic rings. The number of benzene rings is 1. The summed E-state index contributed by atoms with van der Waals surface area (Å²) < 4.78 is 34.5. The number of hydrogen-bond donors (Lipinski definition) is 2. The number of H-pyrrole nitrogens is 1. The van der Waals surface area contributed by atoms with Crippen LogP contribution < -0.4 is 11.2 Å². The van der Waals surface area contributed by atoms with Crippen molar-refractivity contribution in [3.63, 3.8) is 0 Å². The molecule has 1 atom stereocenters. The van der Waals surface area contributed by atoms with E-state index in [9.17, 15) is 22.8 Å². The van der Waals surface area contributed by atoms with Crippen molar-refractivity contribution >= 4 is 28.4 Å². The Morgan fingerprint density at radius 3 is 2.57 bits per heavy atom. The highest BCUT2D eigenvalue weighted by atomic mass is 35.5. The number of aromatic nitrogens is 2. The number of ether oxygens (including phenoxy) is 1. The van der Waals surface area contributed by atoms with Crippen LogP contribution in [0.4, 0.5) is 13.2 Å². The third kappa shape index (κ3) is 4.47. The molecule has 1 saturated heterocycles. The minimum Gasteiger partial charge on any atom is -0.373 e. The van der Waals surface area contributed by atoms with Gasteiger partial charge in [0.05, 0.1) is 29.3 Å². The second-order valence-electron chi connectivity index (χ2n) is 6.58. The lowest BCUT2D eigenvalue weighted by atomic mass is 9.96. The van der Waals surface area contributed by atoms with Crippen LogP contribution in [0.3, 0.4) is 0 Å². The van der Waals surface area contributed by atoms with Crippen molar-refractivity contribution in [2.45, 2.75) is 26.1 Å². The number of carbonyl (C=O) groups excluding carboxylic acids is 1. The Labute approximate surface area is 173 Å². The zero-order valence-corrected chi connectivity index (χ0v) is 16.5. The summed E-state index contributed by atoms with van der Waals surface area (Å²) >= 11 is 6.44. The molecule has 1 amide bonds. The molecule has 1 unspecified atom stereocenters. The number of amides is 1. The normalized spacial score (nSPS) is 15.5. The van der Waals surface area contributed by atoms with Gasteiger partial charge in [0.15, 0.2) is 5.43 Å². The molecule has 0 bridgehead atoms. The van der Waals surface area contributed by atoms with Gasteiger partial charge in [-0.1, -0.05) is 17.7 Å². The predicted molar refractivity (Wildman–Crippen MR) is 106 cm³/mol. The lowest BCUT2D eigenvalue weighted by Gasteiger charge is -2.28. The number of nitrogens with zero attached hydrogens (tertiary/aromatic N) is 1. The number of alkyl halides is 3. The SMILES string of the molecule is Cc1cc(C2CCO2)c(Cl)cc1-c1cc(=O)c2c(C(N)=O)nccc2[nH]1.FC(F)F. The van der Waals surface area contributed by atoms with Crippen LogP contribution >= 0.6 is 11.6 Å². The summed E-state index contributed by atoms with van der Waals surface area (Å²) in [4.78, 5) is 31.2. The third-order valence-corrected chi connectivity index (χ3v) is 4.98. The fourth-order valence-electron chi connectivity index (χ4n) is 3.25. The number of aromatic amines is 1. The molecule has 1 aromatic carbocycles. The smallest absolute Gasteiger partial charge is 0.373 e. The third-order valence-electron chi connectivity index (χ3n) is 4.66. The van der Waals surface area contributed by atoms with E-state index in [-0.39, 0.29) is 22.6 Å². The van der Waals surface area contributed by atoms with Crippen LogP contribution in [0.5, 0.6) is 0 Å². The zero-order valence-electron chi connectivity index (χ0n) is 15.7. The number of pyridine rings is 2. The number of nitrogens with two attached hydrogens (primary N) is 1. The van der Waals surface area contributed by atoms with Gasteiger partial charge in [0, 0.05) is 29.3 Å². The summed E-state index contributed by atoms with van der Waals surface area (Å²) in [6.45, 7) is -0.965. The number of fused-ring (bicyclic) bond motifs is 1. The molecule has 3 aromatic rings. The lowest BCUT2D eigenvalue weighted by molar-refractivity contribution is -0.0526. The van der Waals surface area contributed by atoms with E-state index in [0.29, 0.717) is 16.2 Å². The number of carbonyl (C=O) groups is 1. The first-order chi connectivity index (χ1) is 14.2. The first kappa shape index (κ1) is 21.8. The zero-order chi connectivity index (χ0) is 22.0. The van der Waals surface area contributed by atoms with Crippen LogP contribution in [0.15, 0.2) is 35.3 Å². The van der Waals surface area contributed by atoms with Crippen molar-refractivity contribution in [3.05, 3.63) is 62.5 Å². The minimum atomic E-state index is -3.67. The van der Waals surface area contributed by atoms with Crippen molar-refractivity contribution < 1.29 is 22.7 Å². The Morgan fingerprint density at radius 1 is 1.33 bits per heavy atom. The van der Waals surface area contributed by atoms with Gasteiger partial charge >= 0.3 is 6.68 Å². The summed E-state index contributed by atoms with van der Waals surface area (Å²) in [6, 6.07) is 6.90. The number of halogens is 4. The Bertz CT molecular complexity index is 1160. The van der Waals surface area contributed by atoms with Crippen LogP contribution in [0.25, 0.3) is 22.2 Å². The molecule has 0 radical (unpaired) electrons. The van der Waals surface area contributed by atoms with Crippen molar-refractivity contribution in [3.8, 4) is 11.3 Å². The summed E-state index contributed by atoms with van der Waals surface area (Å²) in [5, 5.41) is 0.788. The highest BCUT2D eigenvalue weighted by molar-refractivity contribution is 6.31. The first-order valence-electron chi connectivity index (χ1n) is 8.85. The van der Waals surface area contributed by atoms with Crippen LogP contribution in [0, 0.1) is 6.92 Å². The van der Waals surface area contributed by atoms with Gasteiger partial charge < -0.3 is 15.5 Å². The van der Waals surface area contributed by atoms with Gasteiger partial charge in [-0.05, 0) is 30.2 Å². The van der Waals surface area contributed by atoms with E-state index in [4.69, 9.17) is 22.1 Å². The van der Waals surface area contributed by atoms with Gasteiger partial charge in [-0.15, -0.1) is 0 Å². The molecular weight excluding hydrogens is 423 g/mol. The van der Waals surface area contributed by atoms with Gasteiger partial charge in [0.1, 0.15) is 5.69 Å². The summed E-state index contributed by atoms with van der Waals surface area (Å²) in [5.74, 6) is -0.738. The largest absolute Gasteiger partial charge is 0.379 e. The van der Waals surface area contributed by atoms with Crippen molar-refractivity contribution in [2.75, 3.05) is 6.61 Å². The Balaban J connectivity index is 0.000000589. The van der Waals surface area contributed by atoms with Crippen LogP contribution in [-0.2, 0) is 4.74 Å². The van der Waals surface area contributed by atoms with Crippen molar-refractivity contribution in [1.29, 1.82) is 0 Å². The summed E-state index contributed by atoms with van der Waals surface area (Å²) in [6.07, 6.45) is 2.43. The van der Waals surface area contributed by atoms with Gasteiger partial charge in [0.25, 0.3) is 5.91 Å².